The lowest BCUT2D eigenvalue weighted by Gasteiger charge is -2.28. The van der Waals surface area contributed by atoms with Gasteiger partial charge in [0.1, 0.15) is 0 Å². The number of carboxylic acid groups (broad SMARTS) is 1. The molecule has 0 aliphatic heterocycles. The molecule has 0 amide bonds. The van der Waals surface area contributed by atoms with E-state index in [-0.39, 0.29) is 5.92 Å². The zero-order valence-corrected chi connectivity index (χ0v) is 12.6. The van der Waals surface area contributed by atoms with Crippen molar-refractivity contribution in [1.82, 2.24) is 9.80 Å². The third-order valence-electron chi connectivity index (χ3n) is 3.20. The van der Waals surface area contributed by atoms with Gasteiger partial charge in [-0.25, -0.2) is 0 Å². The molecular weight excluding hydrogens is 228 g/mol. The van der Waals surface area contributed by atoms with Crippen molar-refractivity contribution in [3.63, 3.8) is 0 Å². The van der Waals surface area contributed by atoms with Gasteiger partial charge in [0.05, 0.1) is 5.92 Å². The van der Waals surface area contributed by atoms with Gasteiger partial charge in [-0.1, -0.05) is 34.6 Å². The molecule has 0 aromatic heterocycles. The Morgan fingerprint density at radius 2 is 1.50 bits per heavy atom. The molecule has 0 saturated heterocycles. The molecular formula is C14H30N2O2. The molecule has 0 radical (unpaired) electrons. The van der Waals surface area contributed by atoms with Gasteiger partial charge >= 0.3 is 5.97 Å². The maximum atomic E-state index is 10.9. The molecule has 0 rings (SSSR count). The molecule has 4 heteroatoms. The Kier molecular flexibility index (Phi) is 9.02. The maximum absolute atomic E-state index is 10.9. The van der Waals surface area contributed by atoms with Crippen LogP contribution in [0.15, 0.2) is 0 Å². The van der Waals surface area contributed by atoms with Crippen LogP contribution < -0.4 is 0 Å². The summed E-state index contributed by atoms with van der Waals surface area (Å²) in [6.07, 6.45) is 0. The number of aliphatic carboxylic acids is 1. The van der Waals surface area contributed by atoms with Crippen LogP contribution in [0.4, 0.5) is 0 Å². The van der Waals surface area contributed by atoms with Gasteiger partial charge < -0.3 is 14.9 Å². The lowest BCUT2D eigenvalue weighted by atomic mass is 10.1. The first-order valence-electron chi connectivity index (χ1n) is 7.08. The van der Waals surface area contributed by atoms with Crippen LogP contribution in [0.25, 0.3) is 0 Å². The second-order valence-electron chi connectivity index (χ2n) is 5.42. The van der Waals surface area contributed by atoms with Crippen LogP contribution in [-0.4, -0.2) is 60.1 Å². The fraction of sp³-hybridized carbons (Fsp3) is 0.929. The summed E-state index contributed by atoms with van der Waals surface area (Å²) in [6.45, 7) is 16.2. The third-order valence-corrected chi connectivity index (χ3v) is 3.20. The molecule has 18 heavy (non-hydrogen) atoms. The highest BCUT2D eigenvalue weighted by molar-refractivity contribution is 5.69. The first-order chi connectivity index (χ1) is 8.40. The minimum Gasteiger partial charge on any atom is -0.481 e. The molecule has 0 bridgehead atoms. The number of carboxylic acids is 1. The average Bonchev–Trinajstić information content (AvgIpc) is 2.29. The van der Waals surface area contributed by atoms with E-state index in [9.17, 15) is 4.79 Å². The minimum atomic E-state index is -0.702. The van der Waals surface area contributed by atoms with E-state index in [0.717, 1.165) is 32.7 Å². The van der Waals surface area contributed by atoms with E-state index in [1.165, 1.54) is 0 Å². The van der Waals surface area contributed by atoms with E-state index in [4.69, 9.17) is 5.11 Å². The molecule has 1 atom stereocenters. The van der Waals surface area contributed by atoms with Crippen molar-refractivity contribution in [1.29, 1.82) is 0 Å². The molecule has 1 unspecified atom stereocenters. The summed E-state index contributed by atoms with van der Waals surface area (Å²) in [7, 11) is 0. The summed E-state index contributed by atoms with van der Waals surface area (Å²) in [5, 5.41) is 9.00. The second-order valence-corrected chi connectivity index (χ2v) is 5.42. The number of hydrogen-bond donors (Lipinski definition) is 1. The van der Waals surface area contributed by atoms with Crippen molar-refractivity contribution >= 4 is 5.97 Å². The van der Waals surface area contributed by atoms with E-state index in [0.29, 0.717) is 12.5 Å². The van der Waals surface area contributed by atoms with Crippen molar-refractivity contribution in [2.45, 2.75) is 34.6 Å². The van der Waals surface area contributed by atoms with Crippen LogP contribution in [-0.2, 0) is 4.79 Å². The monoisotopic (exact) mass is 258 g/mol. The number of likely N-dealkylation sites (N-methyl/N-ethyl adjacent to an activating group) is 1. The minimum absolute atomic E-state index is 0.291. The second kappa shape index (κ2) is 9.34. The highest BCUT2D eigenvalue weighted by Crippen LogP contribution is 2.05. The molecule has 0 spiro atoms. The Balaban J connectivity index is 4.26. The van der Waals surface area contributed by atoms with E-state index < -0.39 is 5.97 Å². The number of hydrogen-bond acceptors (Lipinski definition) is 3. The lowest BCUT2D eigenvalue weighted by molar-refractivity contribution is -0.141. The predicted octanol–water partition coefficient (Wildman–Crippen LogP) is 2.01. The van der Waals surface area contributed by atoms with Crippen LogP contribution in [0.2, 0.25) is 0 Å². The molecule has 108 valence electrons. The fourth-order valence-corrected chi connectivity index (χ4v) is 2.06. The molecule has 0 aliphatic carbocycles. The van der Waals surface area contributed by atoms with E-state index in [1.54, 1.807) is 6.92 Å². The van der Waals surface area contributed by atoms with E-state index >= 15 is 0 Å². The highest BCUT2D eigenvalue weighted by Gasteiger charge is 2.17. The summed E-state index contributed by atoms with van der Waals surface area (Å²) < 4.78 is 0. The molecule has 0 saturated carbocycles. The Morgan fingerprint density at radius 1 is 1.00 bits per heavy atom. The maximum Gasteiger partial charge on any atom is 0.307 e. The van der Waals surface area contributed by atoms with Crippen LogP contribution in [0, 0.1) is 11.8 Å². The van der Waals surface area contributed by atoms with Crippen molar-refractivity contribution in [2.75, 3.05) is 39.3 Å². The Morgan fingerprint density at radius 3 is 1.89 bits per heavy atom. The summed E-state index contributed by atoms with van der Waals surface area (Å²) in [5.74, 6) is -0.422. The topological polar surface area (TPSA) is 43.8 Å². The van der Waals surface area contributed by atoms with Gasteiger partial charge in [0.2, 0.25) is 0 Å². The molecule has 4 nitrogen and oxygen atoms in total. The van der Waals surface area contributed by atoms with Crippen molar-refractivity contribution in [2.24, 2.45) is 11.8 Å². The van der Waals surface area contributed by atoms with Gasteiger partial charge in [0.15, 0.2) is 0 Å². The van der Waals surface area contributed by atoms with Crippen molar-refractivity contribution in [3.05, 3.63) is 0 Å². The molecule has 0 aromatic rings. The van der Waals surface area contributed by atoms with Gasteiger partial charge in [0.25, 0.3) is 0 Å². The normalized spacial score (nSPS) is 13.6. The van der Waals surface area contributed by atoms with E-state index in [1.807, 2.05) is 0 Å². The molecule has 0 aromatic carbocycles. The largest absolute Gasteiger partial charge is 0.481 e. The van der Waals surface area contributed by atoms with Crippen molar-refractivity contribution in [3.8, 4) is 0 Å². The Labute approximate surface area is 112 Å². The van der Waals surface area contributed by atoms with Gasteiger partial charge in [-0.3, -0.25) is 4.79 Å². The van der Waals surface area contributed by atoms with Crippen LogP contribution in [0.1, 0.15) is 34.6 Å². The third kappa shape index (κ3) is 7.67. The van der Waals surface area contributed by atoms with Gasteiger partial charge in [-0.2, -0.15) is 0 Å². The SMILES string of the molecule is CCN(CC)CCN(CC(C)C)CC(C)C(=O)O. The highest BCUT2D eigenvalue weighted by atomic mass is 16.4. The zero-order chi connectivity index (χ0) is 14.1. The first-order valence-corrected chi connectivity index (χ1v) is 7.08. The average molecular weight is 258 g/mol. The number of nitrogens with zero attached hydrogens (tertiary/aromatic N) is 2. The quantitative estimate of drug-likeness (QED) is 0.651. The number of rotatable bonds is 10. The molecule has 0 aliphatic rings. The standard InChI is InChI=1S/C14H30N2O2/c1-6-15(7-2)8-9-16(10-12(3)4)11-13(5)14(17)18/h12-13H,6-11H2,1-5H3,(H,17,18). The smallest absolute Gasteiger partial charge is 0.307 e. The fourth-order valence-electron chi connectivity index (χ4n) is 2.06. The zero-order valence-electron chi connectivity index (χ0n) is 12.6. The van der Waals surface area contributed by atoms with E-state index in [2.05, 4.69) is 37.5 Å². The Hall–Kier alpha value is -0.610. The molecule has 1 N–H and O–H groups in total. The first kappa shape index (κ1) is 17.4. The van der Waals surface area contributed by atoms with Crippen molar-refractivity contribution < 1.29 is 9.90 Å². The number of carbonyl (C=O) groups is 1. The lowest BCUT2D eigenvalue weighted by Crippen LogP contribution is -2.40. The summed E-state index contributed by atoms with van der Waals surface area (Å²) in [6, 6.07) is 0. The van der Waals surface area contributed by atoms with Gasteiger partial charge in [0, 0.05) is 26.2 Å². The van der Waals surface area contributed by atoms with Gasteiger partial charge in [-0.05, 0) is 19.0 Å². The summed E-state index contributed by atoms with van der Waals surface area (Å²) in [4.78, 5) is 15.6. The summed E-state index contributed by atoms with van der Waals surface area (Å²) in [5.41, 5.74) is 0. The predicted molar refractivity (Wildman–Crippen MR) is 75.9 cm³/mol. The summed E-state index contributed by atoms with van der Waals surface area (Å²) >= 11 is 0. The van der Waals surface area contributed by atoms with Crippen LogP contribution in [0.3, 0.4) is 0 Å². The van der Waals surface area contributed by atoms with Gasteiger partial charge in [-0.15, -0.1) is 0 Å². The Bertz CT molecular complexity index is 228. The van der Waals surface area contributed by atoms with Crippen LogP contribution in [0.5, 0.6) is 0 Å². The molecule has 0 heterocycles. The molecule has 0 fully saturated rings. The van der Waals surface area contributed by atoms with Crippen LogP contribution >= 0.6 is 0 Å².